The number of fused-ring (bicyclic) bond motifs is 1. The molecule has 1 aliphatic heterocycles. The van der Waals surface area contributed by atoms with Crippen LogP contribution >= 0.6 is 0 Å². The molecule has 0 aliphatic carbocycles. The Kier molecular flexibility index (Phi) is 6.04. The first-order valence-corrected chi connectivity index (χ1v) is 8.44. The highest BCUT2D eigenvalue weighted by molar-refractivity contribution is 5.98. The number of hydrogen-bond acceptors (Lipinski definition) is 4. The highest BCUT2D eigenvalue weighted by Gasteiger charge is 2.15. The Hall–Kier alpha value is -2.37. The molecular weight excluding hydrogens is 316 g/mol. The summed E-state index contributed by atoms with van der Waals surface area (Å²) in [5.41, 5.74) is 3.50. The van der Waals surface area contributed by atoms with Gasteiger partial charge < -0.3 is 19.5 Å². The number of hydrogen-bond donors (Lipinski definition) is 1. The smallest absolute Gasteiger partial charge is 0.176 e. The van der Waals surface area contributed by atoms with Gasteiger partial charge in [0.15, 0.2) is 6.29 Å². The number of ether oxygens (including phenoxy) is 3. The summed E-state index contributed by atoms with van der Waals surface area (Å²) in [6.07, 6.45) is 1.51. The van der Waals surface area contributed by atoms with Crippen LogP contribution in [0.1, 0.15) is 17.5 Å². The average Bonchev–Trinajstić information content (AvgIpc) is 2.68. The third-order valence-electron chi connectivity index (χ3n) is 4.19. The van der Waals surface area contributed by atoms with Gasteiger partial charge in [-0.15, -0.1) is 0 Å². The Morgan fingerprint density at radius 3 is 2.60 bits per heavy atom. The zero-order valence-electron chi connectivity index (χ0n) is 14.7. The minimum absolute atomic E-state index is 0.301. The molecule has 0 saturated carbocycles. The monoisotopic (exact) mass is 340 g/mol. The Balaban J connectivity index is 1.60. The molecule has 2 aromatic carbocycles. The molecule has 1 heterocycles. The SMILES string of the molecule is COC(CN=C1CCc2cc(OCc3ccccc3)ccc2N1)OC. The number of aliphatic imine (C=N–C) groups is 1. The van der Waals surface area contributed by atoms with E-state index >= 15 is 0 Å². The number of methoxy groups -OCH3 is 2. The van der Waals surface area contributed by atoms with E-state index in [0.717, 1.165) is 30.1 Å². The highest BCUT2D eigenvalue weighted by atomic mass is 16.7. The fraction of sp³-hybridized carbons (Fsp3) is 0.350. The van der Waals surface area contributed by atoms with Gasteiger partial charge in [-0.2, -0.15) is 0 Å². The van der Waals surface area contributed by atoms with Crippen LogP contribution in [-0.2, 0) is 22.5 Å². The zero-order chi connectivity index (χ0) is 17.5. The number of nitrogens with one attached hydrogen (secondary N) is 1. The molecule has 2 aromatic rings. The Morgan fingerprint density at radius 2 is 1.84 bits per heavy atom. The fourth-order valence-electron chi connectivity index (χ4n) is 2.75. The van der Waals surface area contributed by atoms with Crippen molar-refractivity contribution in [2.45, 2.75) is 25.7 Å². The maximum Gasteiger partial charge on any atom is 0.176 e. The van der Waals surface area contributed by atoms with E-state index in [4.69, 9.17) is 14.2 Å². The maximum absolute atomic E-state index is 5.90. The molecule has 0 unspecified atom stereocenters. The third-order valence-corrected chi connectivity index (χ3v) is 4.19. The van der Waals surface area contributed by atoms with Crippen molar-refractivity contribution in [1.82, 2.24) is 0 Å². The predicted octanol–water partition coefficient (Wildman–Crippen LogP) is 3.64. The molecular formula is C20H24N2O3. The first-order chi connectivity index (χ1) is 12.3. The lowest BCUT2D eigenvalue weighted by Crippen LogP contribution is -2.23. The van der Waals surface area contributed by atoms with E-state index in [0.29, 0.717) is 13.2 Å². The standard InChI is InChI=1S/C20H24N2O3/c1-23-20(24-2)13-21-19-11-8-16-12-17(9-10-18(16)22-19)25-14-15-6-4-3-5-7-15/h3-7,9-10,12,20H,8,11,13-14H2,1-2H3,(H,21,22). The Morgan fingerprint density at radius 1 is 1.04 bits per heavy atom. The second-order valence-electron chi connectivity index (χ2n) is 5.91. The highest BCUT2D eigenvalue weighted by Crippen LogP contribution is 2.27. The third kappa shape index (κ3) is 4.81. The van der Waals surface area contributed by atoms with Crippen molar-refractivity contribution in [3.63, 3.8) is 0 Å². The van der Waals surface area contributed by atoms with Gasteiger partial charge in [0.05, 0.1) is 6.54 Å². The van der Waals surface area contributed by atoms with E-state index in [1.807, 2.05) is 24.3 Å². The molecule has 25 heavy (non-hydrogen) atoms. The van der Waals surface area contributed by atoms with Gasteiger partial charge in [0.2, 0.25) is 0 Å². The van der Waals surface area contributed by atoms with Gasteiger partial charge in [0.1, 0.15) is 18.2 Å². The number of nitrogens with zero attached hydrogens (tertiary/aromatic N) is 1. The van der Waals surface area contributed by atoms with E-state index in [2.05, 4.69) is 34.6 Å². The van der Waals surface area contributed by atoms with Crippen LogP contribution in [0.5, 0.6) is 5.75 Å². The second kappa shape index (κ2) is 8.65. The van der Waals surface area contributed by atoms with E-state index in [-0.39, 0.29) is 6.29 Å². The van der Waals surface area contributed by atoms with Gasteiger partial charge >= 0.3 is 0 Å². The summed E-state index contributed by atoms with van der Waals surface area (Å²) in [5, 5.41) is 3.38. The van der Waals surface area contributed by atoms with Crippen molar-refractivity contribution in [1.29, 1.82) is 0 Å². The van der Waals surface area contributed by atoms with Crippen LogP contribution in [0.3, 0.4) is 0 Å². The van der Waals surface area contributed by atoms with E-state index in [1.165, 1.54) is 11.1 Å². The van der Waals surface area contributed by atoms with Crippen LogP contribution in [0.4, 0.5) is 5.69 Å². The van der Waals surface area contributed by atoms with E-state index in [9.17, 15) is 0 Å². The van der Waals surface area contributed by atoms with Gasteiger partial charge in [-0.25, -0.2) is 0 Å². The fourth-order valence-corrected chi connectivity index (χ4v) is 2.75. The molecule has 0 spiro atoms. The summed E-state index contributed by atoms with van der Waals surface area (Å²) in [6, 6.07) is 16.3. The van der Waals surface area contributed by atoms with E-state index in [1.54, 1.807) is 14.2 Å². The first-order valence-electron chi connectivity index (χ1n) is 8.44. The van der Waals surface area contributed by atoms with E-state index < -0.39 is 0 Å². The molecule has 5 heteroatoms. The predicted molar refractivity (Wildman–Crippen MR) is 99.3 cm³/mol. The maximum atomic E-state index is 5.90. The quantitative estimate of drug-likeness (QED) is 0.782. The van der Waals surface area contributed by atoms with Gasteiger partial charge in [0, 0.05) is 26.3 Å². The van der Waals surface area contributed by atoms with Crippen LogP contribution in [0, 0.1) is 0 Å². The summed E-state index contributed by atoms with van der Waals surface area (Å²) < 4.78 is 16.2. The molecule has 0 saturated heterocycles. The number of rotatable bonds is 7. The minimum atomic E-state index is -0.301. The van der Waals surface area contributed by atoms with Crippen LogP contribution in [0.25, 0.3) is 0 Å². The number of amidine groups is 1. The zero-order valence-corrected chi connectivity index (χ0v) is 14.7. The molecule has 0 aromatic heterocycles. The van der Waals surface area contributed by atoms with Crippen LogP contribution in [0.2, 0.25) is 0 Å². The molecule has 0 bridgehead atoms. The Bertz CT molecular complexity index is 712. The van der Waals surface area contributed by atoms with Gasteiger partial charge in [-0.05, 0) is 35.7 Å². The largest absolute Gasteiger partial charge is 0.489 e. The molecule has 0 amide bonds. The summed E-state index contributed by atoms with van der Waals surface area (Å²) in [4.78, 5) is 4.55. The van der Waals surface area contributed by atoms with Crippen LogP contribution in [0.15, 0.2) is 53.5 Å². The number of benzene rings is 2. The minimum Gasteiger partial charge on any atom is -0.489 e. The first kappa shape index (κ1) is 17.5. The number of aryl methyl sites for hydroxylation is 1. The van der Waals surface area contributed by atoms with Crippen molar-refractivity contribution >= 4 is 11.5 Å². The molecule has 0 radical (unpaired) electrons. The van der Waals surface area contributed by atoms with Crippen molar-refractivity contribution < 1.29 is 14.2 Å². The van der Waals surface area contributed by atoms with Crippen molar-refractivity contribution in [3.05, 3.63) is 59.7 Å². The molecule has 3 rings (SSSR count). The lowest BCUT2D eigenvalue weighted by molar-refractivity contribution is -0.0937. The van der Waals surface area contributed by atoms with Gasteiger partial charge in [-0.3, -0.25) is 4.99 Å². The van der Waals surface area contributed by atoms with Gasteiger partial charge in [0.25, 0.3) is 0 Å². The van der Waals surface area contributed by atoms with Crippen molar-refractivity contribution in [3.8, 4) is 5.75 Å². The normalized spacial score (nSPS) is 15.1. The topological polar surface area (TPSA) is 52.1 Å². The molecule has 5 nitrogen and oxygen atoms in total. The second-order valence-corrected chi connectivity index (χ2v) is 5.91. The molecule has 1 aliphatic rings. The van der Waals surface area contributed by atoms with Crippen molar-refractivity contribution in [2.75, 3.05) is 26.1 Å². The molecule has 0 atom stereocenters. The lowest BCUT2D eigenvalue weighted by atomic mass is 10.0. The van der Waals surface area contributed by atoms with Crippen LogP contribution < -0.4 is 10.1 Å². The summed E-state index contributed by atoms with van der Waals surface area (Å²) in [7, 11) is 3.24. The van der Waals surface area contributed by atoms with Crippen LogP contribution in [-0.4, -0.2) is 32.9 Å². The lowest BCUT2D eigenvalue weighted by Gasteiger charge is -2.21. The number of anilines is 1. The van der Waals surface area contributed by atoms with Gasteiger partial charge in [-0.1, -0.05) is 30.3 Å². The summed E-state index contributed by atoms with van der Waals surface area (Å²) in [5.74, 6) is 1.85. The molecule has 1 N–H and O–H groups in total. The molecule has 0 fully saturated rings. The summed E-state index contributed by atoms with van der Waals surface area (Å²) in [6.45, 7) is 1.07. The summed E-state index contributed by atoms with van der Waals surface area (Å²) >= 11 is 0. The Labute approximate surface area is 148 Å². The molecule has 132 valence electrons. The van der Waals surface area contributed by atoms with Crippen molar-refractivity contribution in [2.24, 2.45) is 4.99 Å². The average molecular weight is 340 g/mol.